The van der Waals surface area contributed by atoms with E-state index in [0.717, 1.165) is 16.5 Å². The molecule has 0 bridgehead atoms. The maximum absolute atomic E-state index is 11.8. The predicted octanol–water partition coefficient (Wildman–Crippen LogP) is 2.32. The van der Waals surface area contributed by atoms with E-state index in [1.54, 1.807) is 26.2 Å². The van der Waals surface area contributed by atoms with Crippen molar-refractivity contribution >= 4 is 16.7 Å². The minimum atomic E-state index is -1.47. The van der Waals surface area contributed by atoms with Crippen molar-refractivity contribution in [2.45, 2.75) is 31.3 Å². The van der Waals surface area contributed by atoms with Gasteiger partial charge in [-0.2, -0.15) is 0 Å². The minimum absolute atomic E-state index is 0.0898. The average Bonchev–Trinajstić information content (AvgIpc) is 2.53. The van der Waals surface area contributed by atoms with Crippen LogP contribution in [0.5, 0.6) is 5.75 Å². The summed E-state index contributed by atoms with van der Waals surface area (Å²) < 4.78 is 5.18. The van der Waals surface area contributed by atoms with Gasteiger partial charge in [-0.15, -0.1) is 0 Å². The second-order valence-corrected chi connectivity index (χ2v) is 6.40. The van der Waals surface area contributed by atoms with Gasteiger partial charge in [0.05, 0.1) is 24.7 Å². The molecular weight excluding hydrogens is 296 g/mol. The molecule has 5 heteroatoms. The van der Waals surface area contributed by atoms with Crippen LogP contribution in [0.1, 0.15) is 25.8 Å². The first-order valence-corrected chi connectivity index (χ1v) is 7.37. The fourth-order valence-electron chi connectivity index (χ4n) is 2.81. The van der Waals surface area contributed by atoms with Crippen LogP contribution in [0.4, 0.5) is 0 Å². The molecule has 5 nitrogen and oxygen atoms in total. The van der Waals surface area contributed by atoms with Crippen molar-refractivity contribution in [1.29, 1.82) is 0 Å². The van der Waals surface area contributed by atoms with E-state index in [4.69, 9.17) is 4.74 Å². The van der Waals surface area contributed by atoms with Crippen LogP contribution in [0.3, 0.4) is 0 Å². The molecule has 2 atom stereocenters. The SMILES string of the molecule is COc1ccc2cc([C@](C)(C[C@@](C)(O)CO)C(=O)O)ccc2c1. The largest absolute Gasteiger partial charge is 0.497 e. The summed E-state index contributed by atoms with van der Waals surface area (Å²) >= 11 is 0. The molecule has 0 aliphatic carbocycles. The number of hydrogen-bond donors (Lipinski definition) is 3. The van der Waals surface area contributed by atoms with E-state index in [2.05, 4.69) is 0 Å². The number of hydrogen-bond acceptors (Lipinski definition) is 4. The number of carboxylic acids is 1. The third kappa shape index (κ3) is 3.46. The number of aliphatic hydroxyl groups excluding tert-OH is 1. The fourth-order valence-corrected chi connectivity index (χ4v) is 2.81. The van der Waals surface area contributed by atoms with E-state index >= 15 is 0 Å². The Morgan fingerprint density at radius 3 is 2.30 bits per heavy atom. The zero-order chi connectivity index (χ0) is 17.3. The van der Waals surface area contributed by atoms with Gasteiger partial charge in [0, 0.05) is 0 Å². The van der Waals surface area contributed by atoms with Crippen molar-refractivity contribution in [3.05, 3.63) is 42.0 Å². The van der Waals surface area contributed by atoms with Crippen LogP contribution in [0, 0.1) is 0 Å². The molecule has 0 aliphatic heterocycles. The second kappa shape index (κ2) is 6.18. The Morgan fingerprint density at radius 2 is 1.74 bits per heavy atom. The van der Waals surface area contributed by atoms with Gasteiger partial charge in [-0.3, -0.25) is 4.79 Å². The Balaban J connectivity index is 2.51. The maximum atomic E-state index is 11.8. The van der Waals surface area contributed by atoms with Gasteiger partial charge in [-0.25, -0.2) is 0 Å². The van der Waals surface area contributed by atoms with Gasteiger partial charge in [0.25, 0.3) is 0 Å². The third-order valence-corrected chi connectivity index (χ3v) is 4.23. The van der Waals surface area contributed by atoms with E-state index in [1.807, 2.05) is 24.3 Å². The summed E-state index contributed by atoms with van der Waals surface area (Å²) in [6, 6.07) is 10.9. The molecule has 2 rings (SSSR count). The van der Waals surface area contributed by atoms with Gasteiger partial charge in [0.1, 0.15) is 5.75 Å². The average molecular weight is 318 g/mol. The first kappa shape index (κ1) is 17.2. The third-order valence-electron chi connectivity index (χ3n) is 4.23. The molecule has 3 N–H and O–H groups in total. The van der Waals surface area contributed by atoms with E-state index in [1.165, 1.54) is 6.92 Å². The van der Waals surface area contributed by atoms with Crippen LogP contribution < -0.4 is 4.74 Å². The van der Waals surface area contributed by atoms with Crippen molar-refractivity contribution in [3.8, 4) is 5.75 Å². The highest BCUT2D eigenvalue weighted by atomic mass is 16.5. The molecular formula is C18H22O5. The molecule has 0 heterocycles. The summed E-state index contributed by atoms with van der Waals surface area (Å²) in [5, 5.41) is 30.9. The standard InChI is InChI=1S/C18H22O5/c1-17(22,11-19)10-18(2,16(20)21)14-6-4-13-9-15(23-3)7-5-12(13)8-14/h4-9,19,22H,10-11H2,1-3H3,(H,20,21)/t17-,18+/m1/s1. The monoisotopic (exact) mass is 318 g/mol. The van der Waals surface area contributed by atoms with Crippen molar-refractivity contribution < 1.29 is 24.9 Å². The summed E-state index contributed by atoms with van der Waals surface area (Å²) in [4.78, 5) is 11.8. The summed E-state index contributed by atoms with van der Waals surface area (Å²) in [6.45, 7) is 2.49. The number of ether oxygens (including phenoxy) is 1. The molecule has 23 heavy (non-hydrogen) atoms. The summed E-state index contributed by atoms with van der Waals surface area (Å²) in [6.07, 6.45) is -0.0898. The number of aliphatic carboxylic acids is 1. The Kier molecular flexibility index (Phi) is 4.63. The number of fused-ring (bicyclic) bond motifs is 1. The smallest absolute Gasteiger partial charge is 0.313 e. The maximum Gasteiger partial charge on any atom is 0.313 e. The first-order chi connectivity index (χ1) is 10.7. The first-order valence-electron chi connectivity index (χ1n) is 7.37. The Hall–Kier alpha value is -2.11. The molecule has 0 saturated heterocycles. The number of benzene rings is 2. The predicted molar refractivity (Wildman–Crippen MR) is 87.8 cm³/mol. The van der Waals surface area contributed by atoms with Crippen LogP contribution in [0.25, 0.3) is 10.8 Å². The van der Waals surface area contributed by atoms with Crippen molar-refractivity contribution in [2.75, 3.05) is 13.7 Å². The highest BCUT2D eigenvalue weighted by Gasteiger charge is 2.41. The van der Waals surface area contributed by atoms with Crippen LogP contribution in [0.2, 0.25) is 0 Å². The quantitative estimate of drug-likeness (QED) is 0.761. The molecule has 0 amide bonds. The molecule has 0 unspecified atom stereocenters. The fraction of sp³-hybridized carbons (Fsp3) is 0.389. The van der Waals surface area contributed by atoms with Crippen LogP contribution in [0.15, 0.2) is 36.4 Å². The Labute approximate surface area is 135 Å². The summed E-state index contributed by atoms with van der Waals surface area (Å²) in [7, 11) is 1.59. The van der Waals surface area contributed by atoms with Crippen molar-refractivity contribution in [3.63, 3.8) is 0 Å². The van der Waals surface area contributed by atoms with E-state index in [0.29, 0.717) is 5.56 Å². The molecule has 0 aliphatic rings. The number of aliphatic hydroxyl groups is 2. The van der Waals surface area contributed by atoms with Gasteiger partial charge < -0.3 is 20.1 Å². The van der Waals surface area contributed by atoms with Crippen LogP contribution >= 0.6 is 0 Å². The zero-order valence-electron chi connectivity index (χ0n) is 13.5. The molecule has 2 aromatic carbocycles. The highest BCUT2D eigenvalue weighted by Crippen LogP contribution is 2.35. The molecule has 0 fully saturated rings. The van der Waals surface area contributed by atoms with Crippen LogP contribution in [-0.2, 0) is 10.2 Å². The topological polar surface area (TPSA) is 87.0 Å². The van der Waals surface area contributed by atoms with E-state index < -0.39 is 23.6 Å². The van der Waals surface area contributed by atoms with Crippen molar-refractivity contribution in [1.82, 2.24) is 0 Å². The summed E-state index contributed by atoms with van der Waals surface area (Å²) in [5.74, 6) is -0.312. The zero-order valence-corrected chi connectivity index (χ0v) is 13.5. The molecule has 124 valence electrons. The van der Waals surface area contributed by atoms with E-state index in [9.17, 15) is 20.1 Å². The van der Waals surface area contributed by atoms with E-state index in [-0.39, 0.29) is 6.42 Å². The number of methoxy groups -OCH3 is 1. The lowest BCUT2D eigenvalue weighted by Crippen LogP contribution is -2.43. The van der Waals surface area contributed by atoms with Crippen molar-refractivity contribution in [2.24, 2.45) is 0 Å². The normalized spacial score (nSPS) is 16.6. The summed E-state index contributed by atoms with van der Waals surface area (Å²) in [5.41, 5.74) is -2.20. The highest BCUT2D eigenvalue weighted by molar-refractivity contribution is 5.88. The Bertz CT molecular complexity index is 722. The van der Waals surface area contributed by atoms with Gasteiger partial charge in [0.2, 0.25) is 0 Å². The van der Waals surface area contributed by atoms with Crippen LogP contribution in [-0.4, -0.2) is 40.6 Å². The molecule has 0 saturated carbocycles. The molecule has 0 aromatic heterocycles. The molecule has 2 aromatic rings. The van der Waals surface area contributed by atoms with Gasteiger partial charge in [-0.1, -0.05) is 24.3 Å². The lowest BCUT2D eigenvalue weighted by molar-refractivity contribution is -0.146. The number of carboxylic acid groups (broad SMARTS) is 1. The lowest BCUT2D eigenvalue weighted by atomic mass is 9.74. The Morgan fingerprint density at radius 1 is 1.13 bits per heavy atom. The lowest BCUT2D eigenvalue weighted by Gasteiger charge is -2.33. The van der Waals surface area contributed by atoms with Gasteiger partial charge in [0.15, 0.2) is 0 Å². The molecule has 0 radical (unpaired) electrons. The second-order valence-electron chi connectivity index (χ2n) is 6.40. The number of rotatable bonds is 6. The van der Waals surface area contributed by atoms with Gasteiger partial charge >= 0.3 is 5.97 Å². The molecule has 0 spiro atoms. The number of carbonyl (C=O) groups is 1. The van der Waals surface area contributed by atoms with Gasteiger partial charge in [-0.05, 0) is 48.7 Å². The minimum Gasteiger partial charge on any atom is -0.497 e.